The molecule has 0 radical (unpaired) electrons. The Kier molecular flexibility index (Phi) is 7.30. The van der Waals surface area contributed by atoms with Gasteiger partial charge in [-0.25, -0.2) is 0 Å². The number of nitrogens with two attached hydrogens (primary N) is 1. The summed E-state index contributed by atoms with van der Waals surface area (Å²) in [5.74, 6) is 0.176. The van der Waals surface area contributed by atoms with Crippen LogP contribution >= 0.6 is 0 Å². The maximum absolute atomic E-state index is 7.20. The summed E-state index contributed by atoms with van der Waals surface area (Å²) in [6, 6.07) is 20.9. The molecule has 2 aromatic rings. The summed E-state index contributed by atoms with van der Waals surface area (Å²) in [7, 11) is 0. The van der Waals surface area contributed by atoms with Gasteiger partial charge in [-0.1, -0.05) is 60.7 Å². The van der Waals surface area contributed by atoms with E-state index in [0.29, 0.717) is 19.6 Å². The molecule has 3 N–H and O–H groups in total. The Bertz CT molecular complexity index is 530. The van der Waals surface area contributed by atoms with Crippen molar-refractivity contribution in [3.05, 3.63) is 71.8 Å². The number of rotatable bonds is 10. The average molecular weight is 311 g/mol. The fraction of sp³-hybridized carbons (Fsp3) is 0.316. The summed E-state index contributed by atoms with van der Waals surface area (Å²) in [6.45, 7) is 3.80. The lowest BCUT2D eigenvalue weighted by Crippen LogP contribution is -2.27. The first kappa shape index (κ1) is 17.2. The van der Waals surface area contributed by atoms with Crippen molar-refractivity contribution in [2.24, 2.45) is 5.73 Å². The molecular weight excluding hydrogens is 286 g/mol. The van der Waals surface area contributed by atoms with Crippen molar-refractivity contribution in [2.75, 3.05) is 19.8 Å². The van der Waals surface area contributed by atoms with E-state index in [9.17, 15) is 0 Å². The zero-order chi connectivity index (χ0) is 16.3. The number of hydrogen-bond acceptors (Lipinski definition) is 3. The zero-order valence-corrected chi connectivity index (χ0v) is 13.4. The third-order valence-corrected chi connectivity index (χ3v) is 3.57. The van der Waals surface area contributed by atoms with Gasteiger partial charge in [0.2, 0.25) is 0 Å². The zero-order valence-electron chi connectivity index (χ0n) is 13.4. The molecule has 0 spiro atoms. The Morgan fingerprint density at radius 3 is 1.87 bits per heavy atom. The molecule has 0 aliphatic rings. The molecule has 4 nitrogen and oxygen atoms in total. The molecule has 0 aliphatic heterocycles. The first-order valence-electron chi connectivity index (χ1n) is 7.95. The van der Waals surface area contributed by atoms with Crippen LogP contribution in [-0.4, -0.2) is 30.5 Å². The lowest BCUT2D eigenvalue weighted by molar-refractivity contribution is 0.103. The van der Waals surface area contributed by atoms with Crippen molar-refractivity contribution >= 4 is 5.84 Å². The van der Waals surface area contributed by atoms with E-state index in [-0.39, 0.29) is 5.84 Å². The molecule has 0 unspecified atom stereocenters. The van der Waals surface area contributed by atoms with Crippen molar-refractivity contribution in [1.82, 2.24) is 4.90 Å². The van der Waals surface area contributed by atoms with Crippen molar-refractivity contribution in [3.8, 4) is 0 Å². The maximum atomic E-state index is 7.20. The minimum atomic E-state index is 0.176. The van der Waals surface area contributed by atoms with Crippen LogP contribution in [0.25, 0.3) is 0 Å². The van der Waals surface area contributed by atoms with Crippen LogP contribution < -0.4 is 5.73 Å². The summed E-state index contributed by atoms with van der Waals surface area (Å²) in [5, 5.41) is 7.20. The summed E-state index contributed by atoms with van der Waals surface area (Å²) < 4.78 is 5.59. The summed E-state index contributed by atoms with van der Waals surface area (Å²) in [5.41, 5.74) is 7.93. The molecule has 0 saturated heterocycles. The molecular formula is C19H25N3O. The normalized spacial score (nSPS) is 10.8. The van der Waals surface area contributed by atoms with Crippen molar-refractivity contribution < 1.29 is 4.74 Å². The molecule has 0 bridgehead atoms. The Labute approximate surface area is 138 Å². The van der Waals surface area contributed by atoms with Gasteiger partial charge in [0.05, 0.1) is 19.0 Å². The number of amidine groups is 1. The van der Waals surface area contributed by atoms with Gasteiger partial charge in [0, 0.05) is 26.1 Å². The number of hydrogen-bond donors (Lipinski definition) is 2. The van der Waals surface area contributed by atoms with E-state index in [4.69, 9.17) is 15.9 Å². The molecule has 0 saturated carbocycles. The van der Waals surface area contributed by atoms with E-state index in [2.05, 4.69) is 53.4 Å². The van der Waals surface area contributed by atoms with Crippen LogP contribution in [0.3, 0.4) is 0 Å². The largest absolute Gasteiger partial charge is 0.388 e. The third-order valence-electron chi connectivity index (χ3n) is 3.57. The van der Waals surface area contributed by atoms with Gasteiger partial charge in [-0.05, 0) is 11.1 Å². The highest BCUT2D eigenvalue weighted by atomic mass is 16.5. The van der Waals surface area contributed by atoms with Crippen LogP contribution in [0.15, 0.2) is 60.7 Å². The Hall–Kier alpha value is -2.17. The van der Waals surface area contributed by atoms with Crippen LogP contribution in [0.4, 0.5) is 0 Å². The van der Waals surface area contributed by atoms with Crippen molar-refractivity contribution in [3.63, 3.8) is 0 Å². The van der Waals surface area contributed by atoms with E-state index in [1.807, 2.05) is 12.1 Å². The van der Waals surface area contributed by atoms with Gasteiger partial charge in [0.1, 0.15) is 0 Å². The summed E-state index contributed by atoms with van der Waals surface area (Å²) in [4.78, 5) is 2.37. The molecule has 0 amide bonds. The minimum absolute atomic E-state index is 0.176. The Balaban J connectivity index is 1.87. The van der Waals surface area contributed by atoms with Gasteiger partial charge in [-0.15, -0.1) is 0 Å². The Morgan fingerprint density at radius 1 is 0.870 bits per heavy atom. The van der Waals surface area contributed by atoms with E-state index in [1.54, 1.807) is 0 Å². The molecule has 0 fully saturated rings. The van der Waals surface area contributed by atoms with Crippen molar-refractivity contribution in [2.45, 2.75) is 19.5 Å². The topological polar surface area (TPSA) is 62.3 Å². The monoisotopic (exact) mass is 311 g/mol. The maximum Gasteiger partial charge on any atom is 0.0928 e. The second kappa shape index (κ2) is 9.77. The second-order valence-corrected chi connectivity index (χ2v) is 5.57. The molecule has 0 aliphatic carbocycles. The lowest BCUT2D eigenvalue weighted by atomic mass is 10.1. The van der Waals surface area contributed by atoms with Crippen LogP contribution in [0.5, 0.6) is 0 Å². The molecule has 0 aromatic heterocycles. The molecule has 2 aromatic carbocycles. The van der Waals surface area contributed by atoms with E-state index >= 15 is 0 Å². The number of benzene rings is 2. The van der Waals surface area contributed by atoms with Gasteiger partial charge >= 0.3 is 0 Å². The molecule has 0 heterocycles. The van der Waals surface area contributed by atoms with Crippen molar-refractivity contribution in [1.29, 1.82) is 5.41 Å². The van der Waals surface area contributed by atoms with Crippen LogP contribution in [0.1, 0.15) is 17.5 Å². The molecule has 122 valence electrons. The molecule has 2 rings (SSSR count). The lowest BCUT2D eigenvalue weighted by Gasteiger charge is -2.22. The van der Waals surface area contributed by atoms with Crippen LogP contribution in [0, 0.1) is 5.41 Å². The fourth-order valence-electron chi connectivity index (χ4n) is 2.38. The van der Waals surface area contributed by atoms with Gasteiger partial charge in [0.25, 0.3) is 0 Å². The predicted octanol–water partition coefficient (Wildman–Crippen LogP) is 3.03. The summed E-state index contributed by atoms with van der Waals surface area (Å²) in [6.07, 6.45) is 0.497. The SMILES string of the molecule is N=C(N)CCOCCN(Cc1ccccc1)Cc1ccccc1. The van der Waals surface area contributed by atoms with E-state index in [0.717, 1.165) is 19.6 Å². The van der Waals surface area contributed by atoms with Gasteiger partial charge in [0.15, 0.2) is 0 Å². The summed E-state index contributed by atoms with van der Waals surface area (Å²) >= 11 is 0. The second-order valence-electron chi connectivity index (χ2n) is 5.57. The van der Waals surface area contributed by atoms with Crippen LogP contribution in [0.2, 0.25) is 0 Å². The number of ether oxygens (including phenoxy) is 1. The highest BCUT2D eigenvalue weighted by Gasteiger charge is 2.07. The predicted molar refractivity (Wildman–Crippen MR) is 94.3 cm³/mol. The first-order chi connectivity index (χ1) is 11.2. The molecule has 0 atom stereocenters. The number of nitrogens with one attached hydrogen (secondary N) is 1. The standard InChI is InChI=1S/C19H25N3O/c20-19(21)11-13-23-14-12-22(15-17-7-3-1-4-8-17)16-18-9-5-2-6-10-18/h1-10H,11-16H2,(H3,20,21). The Morgan fingerprint density at radius 2 is 1.39 bits per heavy atom. The van der Waals surface area contributed by atoms with Gasteiger partial charge in [-0.2, -0.15) is 0 Å². The van der Waals surface area contributed by atoms with E-state index < -0.39 is 0 Å². The smallest absolute Gasteiger partial charge is 0.0928 e. The average Bonchev–Trinajstić information content (AvgIpc) is 2.56. The number of nitrogens with zero attached hydrogens (tertiary/aromatic N) is 1. The van der Waals surface area contributed by atoms with E-state index in [1.165, 1.54) is 11.1 Å². The third kappa shape index (κ3) is 7.08. The first-order valence-corrected chi connectivity index (χ1v) is 7.95. The highest BCUT2D eigenvalue weighted by molar-refractivity contribution is 5.76. The van der Waals surface area contributed by atoms with Gasteiger partial charge < -0.3 is 10.5 Å². The molecule has 4 heteroatoms. The molecule has 23 heavy (non-hydrogen) atoms. The fourth-order valence-corrected chi connectivity index (χ4v) is 2.38. The van der Waals surface area contributed by atoms with Crippen LogP contribution in [-0.2, 0) is 17.8 Å². The van der Waals surface area contributed by atoms with Gasteiger partial charge in [-0.3, -0.25) is 10.3 Å². The minimum Gasteiger partial charge on any atom is -0.388 e. The highest BCUT2D eigenvalue weighted by Crippen LogP contribution is 2.09. The quantitative estimate of drug-likeness (QED) is 0.403.